The van der Waals surface area contributed by atoms with E-state index in [1.165, 1.54) is 20.6 Å². The molecule has 26 heavy (non-hydrogen) atoms. The zero-order valence-corrected chi connectivity index (χ0v) is 17.3. The van der Waals surface area contributed by atoms with Crippen LogP contribution in [0.25, 0.3) is 21.9 Å². The maximum absolute atomic E-state index is 4.71. The molecule has 0 heterocycles. The first-order valence-electron chi connectivity index (χ1n) is 8.12. The predicted molar refractivity (Wildman–Crippen MR) is 122 cm³/mol. The third kappa shape index (κ3) is 3.79. The number of benzene rings is 4. The first-order valence-corrected chi connectivity index (χ1v) is 10.3. The topological polar surface area (TPSA) is 0 Å². The van der Waals surface area contributed by atoms with Gasteiger partial charge in [0.05, 0.1) is 0 Å². The van der Waals surface area contributed by atoms with Crippen LogP contribution < -0.4 is 0 Å². The second-order valence-corrected chi connectivity index (χ2v) is 8.65. The molecule has 0 aliphatic carbocycles. The highest BCUT2D eigenvalue weighted by atomic mass is 32.2. The first-order chi connectivity index (χ1) is 12.6. The van der Waals surface area contributed by atoms with Crippen LogP contribution in [0, 0.1) is 0 Å². The highest BCUT2D eigenvalue weighted by molar-refractivity contribution is 7.99. The molecule has 0 amide bonds. The summed E-state index contributed by atoms with van der Waals surface area (Å²) >= 11 is 15.4. The number of hydrogen-bond donors (Lipinski definition) is 3. The van der Waals surface area contributed by atoms with Gasteiger partial charge in [0.1, 0.15) is 0 Å². The van der Waals surface area contributed by atoms with E-state index in [0.29, 0.717) is 0 Å². The van der Waals surface area contributed by atoms with Crippen LogP contribution in [-0.4, -0.2) is 0 Å². The summed E-state index contributed by atoms with van der Waals surface area (Å²) in [5, 5.41) is 2.40. The van der Waals surface area contributed by atoms with E-state index in [0.717, 1.165) is 25.8 Å². The van der Waals surface area contributed by atoms with E-state index in [-0.39, 0.29) is 0 Å². The Hall–Kier alpha value is -1.46. The van der Waals surface area contributed by atoms with Gasteiger partial charge in [0.25, 0.3) is 0 Å². The van der Waals surface area contributed by atoms with Crippen molar-refractivity contribution in [1.82, 2.24) is 0 Å². The minimum atomic E-state index is 0.953. The van der Waals surface area contributed by atoms with Crippen molar-refractivity contribution in [3.05, 3.63) is 78.9 Å². The van der Waals surface area contributed by atoms with Crippen molar-refractivity contribution < 1.29 is 0 Å². The maximum atomic E-state index is 4.71. The quantitative estimate of drug-likeness (QED) is 0.295. The van der Waals surface area contributed by atoms with Gasteiger partial charge in [-0.25, -0.2) is 0 Å². The summed E-state index contributed by atoms with van der Waals surface area (Å²) in [6, 6.07) is 27.2. The molecule has 0 aromatic heterocycles. The van der Waals surface area contributed by atoms with E-state index in [4.69, 9.17) is 12.6 Å². The summed E-state index contributed by atoms with van der Waals surface area (Å²) in [6.07, 6.45) is 0. The Morgan fingerprint density at radius 1 is 0.577 bits per heavy atom. The molecular weight excluding hydrogens is 393 g/mol. The molecule has 0 nitrogen and oxygen atoms in total. The Balaban J connectivity index is 1.81. The Kier molecular flexibility index (Phi) is 5.28. The van der Waals surface area contributed by atoms with Crippen molar-refractivity contribution in [1.29, 1.82) is 0 Å². The average molecular weight is 409 g/mol. The van der Waals surface area contributed by atoms with Crippen molar-refractivity contribution in [3.63, 3.8) is 0 Å². The lowest BCUT2D eigenvalue weighted by Gasteiger charge is -2.12. The van der Waals surface area contributed by atoms with E-state index in [1.54, 1.807) is 11.8 Å². The number of fused-ring (bicyclic) bond motifs is 1. The summed E-state index contributed by atoms with van der Waals surface area (Å²) in [5.41, 5.74) is 2.28. The van der Waals surface area contributed by atoms with Crippen LogP contribution in [0.1, 0.15) is 0 Å². The van der Waals surface area contributed by atoms with Gasteiger partial charge in [-0.15, -0.1) is 37.9 Å². The van der Waals surface area contributed by atoms with Crippen molar-refractivity contribution in [2.45, 2.75) is 24.5 Å². The Labute approximate surface area is 174 Å². The molecule has 128 valence electrons. The van der Waals surface area contributed by atoms with E-state index in [2.05, 4.69) is 92.0 Å². The highest BCUT2D eigenvalue weighted by Crippen LogP contribution is 2.38. The van der Waals surface area contributed by atoms with E-state index < -0.39 is 0 Å². The molecule has 0 spiro atoms. The summed E-state index contributed by atoms with van der Waals surface area (Å²) in [5.74, 6) is 0. The maximum Gasteiger partial charge on any atom is 0.0129 e. The Bertz CT molecular complexity index is 1080. The third-order valence-electron chi connectivity index (χ3n) is 4.18. The summed E-state index contributed by atoms with van der Waals surface area (Å²) in [4.78, 5) is 5.25. The molecule has 0 N–H and O–H groups in total. The molecule has 0 saturated heterocycles. The fourth-order valence-corrected chi connectivity index (χ4v) is 4.50. The van der Waals surface area contributed by atoms with Crippen molar-refractivity contribution in [2.24, 2.45) is 0 Å². The summed E-state index contributed by atoms with van der Waals surface area (Å²) in [7, 11) is 0. The molecule has 0 aliphatic heterocycles. The van der Waals surface area contributed by atoms with Crippen LogP contribution in [0.15, 0.2) is 103 Å². The van der Waals surface area contributed by atoms with Gasteiger partial charge in [0, 0.05) is 24.5 Å². The number of hydrogen-bond acceptors (Lipinski definition) is 4. The van der Waals surface area contributed by atoms with Crippen molar-refractivity contribution >= 4 is 60.4 Å². The second-order valence-electron chi connectivity index (χ2n) is 5.99. The molecule has 4 rings (SSSR count). The standard InChI is InChI=1S/C22H16S4/c23-15-5-7-17(8-6-15)26-18-9-10-22(25)21(13-18)20-12-16(24)11-14-3-1-2-4-19(14)20/h1-13,23-25H. The molecule has 0 aliphatic rings. The zero-order chi connectivity index (χ0) is 18.1. The lowest BCUT2D eigenvalue weighted by molar-refractivity contribution is 1.32. The summed E-state index contributed by atoms with van der Waals surface area (Å²) < 4.78 is 0. The fourth-order valence-electron chi connectivity index (χ4n) is 2.96. The minimum Gasteiger partial charge on any atom is -0.143 e. The van der Waals surface area contributed by atoms with Crippen LogP contribution in [0.4, 0.5) is 0 Å². The zero-order valence-electron chi connectivity index (χ0n) is 13.8. The Morgan fingerprint density at radius 2 is 1.31 bits per heavy atom. The van der Waals surface area contributed by atoms with Crippen molar-refractivity contribution in [3.8, 4) is 11.1 Å². The first kappa shape index (κ1) is 17.9. The van der Waals surface area contributed by atoms with Gasteiger partial charge in [0.2, 0.25) is 0 Å². The predicted octanol–water partition coefficient (Wildman–Crippen LogP) is 7.52. The van der Waals surface area contributed by atoms with Gasteiger partial charge in [0.15, 0.2) is 0 Å². The van der Waals surface area contributed by atoms with Crippen molar-refractivity contribution in [2.75, 3.05) is 0 Å². The lowest BCUT2D eigenvalue weighted by atomic mass is 9.98. The molecule has 4 aromatic carbocycles. The van der Waals surface area contributed by atoms with Gasteiger partial charge in [-0.1, -0.05) is 36.0 Å². The molecule has 0 atom stereocenters. The lowest BCUT2D eigenvalue weighted by Crippen LogP contribution is -1.86. The second kappa shape index (κ2) is 7.65. The number of rotatable bonds is 3. The van der Waals surface area contributed by atoms with E-state index >= 15 is 0 Å². The third-order valence-corrected chi connectivity index (χ3v) is 6.12. The molecule has 0 bridgehead atoms. The smallest absolute Gasteiger partial charge is 0.0129 e. The van der Waals surface area contributed by atoms with Crippen LogP contribution in [0.3, 0.4) is 0 Å². The SMILES string of the molecule is Sc1ccc(Sc2ccc(S)c(-c3cc(S)cc4ccccc34)c2)cc1. The summed E-state index contributed by atoms with van der Waals surface area (Å²) in [6.45, 7) is 0. The molecule has 0 unspecified atom stereocenters. The van der Waals surface area contributed by atoms with Gasteiger partial charge in [-0.2, -0.15) is 0 Å². The average Bonchev–Trinajstić information content (AvgIpc) is 2.64. The largest absolute Gasteiger partial charge is 0.143 e. The minimum absolute atomic E-state index is 0.953. The normalized spacial score (nSPS) is 11.0. The molecule has 4 heteroatoms. The monoisotopic (exact) mass is 408 g/mol. The Morgan fingerprint density at radius 3 is 2.12 bits per heavy atom. The molecule has 0 radical (unpaired) electrons. The van der Waals surface area contributed by atoms with Gasteiger partial charge in [-0.3, -0.25) is 0 Å². The van der Waals surface area contributed by atoms with Gasteiger partial charge in [-0.05, 0) is 76.5 Å². The van der Waals surface area contributed by atoms with Crippen LogP contribution >= 0.6 is 49.6 Å². The van der Waals surface area contributed by atoms with Crippen LogP contribution in [-0.2, 0) is 0 Å². The van der Waals surface area contributed by atoms with E-state index in [9.17, 15) is 0 Å². The van der Waals surface area contributed by atoms with Gasteiger partial charge < -0.3 is 0 Å². The molecular formula is C22H16S4. The molecule has 0 fully saturated rings. The molecule has 4 aromatic rings. The number of thiol groups is 3. The van der Waals surface area contributed by atoms with Gasteiger partial charge >= 0.3 is 0 Å². The van der Waals surface area contributed by atoms with Crippen LogP contribution in [0.5, 0.6) is 0 Å². The molecule has 0 saturated carbocycles. The van der Waals surface area contributed by atoms with E-state index in [1.807, 2.05) is 12.1 Å². The fraction of sp³-hybridized carbons (Fsp3) is 0. The highest BCUT2D eigenvalue weighted by Gasteiger charge is 2.10. The van der Waals surface area contributed by atoms with Crippen LogP contribution in [0.2, 0.25) is 0 Å².